The van der Waals surface area contributed by atoms with E-state index in [4.69, 9.17) is 27.5 Å². The van der Waals surface area contributed by atoms with Gasteiger partial charge in [-0.05, 0) is 98.0 Å². The maximum absolute atomic E-state index is 12.3. The molecule has 9 heteroatoms. The molecule has 7 rings (SSSR count). The summed E-state index contributed by atoms with van der Waals surface area (Å²) in [4.78, 5) is 29.6. The fourth-order valence-corrected chi connectivity index (χ4v) is 5.69. The zero-order valence-electron chi connectivity index (χ0n) is 21.8. The molecule has 0 radical (unpaired) electrons. The van der Waals surface area contributed by atoms with Gasteiger partial charge in [-0.1, -0.05) is 24.3 Å². The number of rotatable bonds is 7. The molecule has 2 aliphatic rings. The van der Waals surface area contributed by atoms with E-state index in [1.165, 1.54) is 0 Å². The molecule has 200 valence electrons. The Morgan fingerprint density at radius 2 is 1.82 bits per heavy atom. The third kappa shape index (κ3) is 4.29. The van der Waals surface area contributed by atoms with E-state index in [9.17, 15) is 4.79 Å². The van der Waals surface area contributed by atoms with Crippen LogP contribution in [0.2, 0.25) is 0 Å². The lowest BCUT2D eigenvalue weighted by Crippen LogP contribution is -2.43. The Morgan fingerprint density at radius 3 is 2.52 bits per heavy atom. The summed E-state index contributed by atoms with van der Waals surface area (Å²) >= 11 is 6.15. The Kier molecular flexibility index (Phi) is 6.02. The van der Waals surface area contributed by atoms with E-state index in [0.29, 0.717) is 17.3 Å². The van der Waals surface area contributed by atoms with E-state index in [0.717, 1.165) is 71.4 Å². The fourth-order valence-electron chi connectivity index (χ4n) is 5.39. The van der Waals surface area contributed by atoms with Crippen LogP contribution >= 0.6 is 11.8 Å². The second-order valence-corrected chi connectivity index (χ2v) is 10.9. The van der Waals surface area contributed by atoms with E-state index in [1.807, 2.05) is 53.1 Å². The summed E-state index contributed by atoms with van der Waals surface area (Å²) in [5.74, 6) is 1.28. The predicted molar refractivity (Wildman–Crippen MR) is 158 cm³/mol. The van der Waals surface area contributed by atoms with Crippen molar-refractivity contribution in [3.63, 3.8) is 0 Å². The molecule has 2 aliphatic carbocycles. The Hall–Kier alpha value is -4.27. The zero-order chi connectivity index (χ0) is 27.3. The minimum atomic E-state index is -0.181. The highest BCUT2D eigenvalue weighted by molar-refractivity contribution is 6.14. The van der Waals surface area contributed by atoms with Gasteiger partial charge in [0.25, 0.3) is 0 Å². The van der Waals surface area contributed by atoms with Crippen LogP contribution in [0.4, 0.5) is 11.5 Å². The number of aromatic nitrogens is 4. The van der Waals surface area contributed by atoms with E-state index < -0.39 is 0 Å². The van der Waals surface area contributed by atoms with Crippen LogP contribution in [0.5, 0.6) is 0 Å². The SMILES string of the molecule is Nc1ncccc1-c1nc2ccc(-c3cccc(NC(=O)C4CC4)c3)nc2n1-c1ccc(C2(NCl)CCC2)cc1. The molecule has 5 aromatic rings. The van der Waals surface area contributed by atoms with Gasteiger partial charge in [0.1, 0.15) is 11.3 Å². The Morgan fingerprint density at radius 1 is 1.00 bits per heavy atom. The van der Waals surface area contributed by atoms with Gasteiger partial charge in [-0.15, -0.1) is 0 Å². The molecule has 0 unspecified atom stereocenters. The monoisotopic (exact) mass is 549 g/mol. The van der Waals surface area contributed by atoms with Crippen molar-refractivity contribution in [1.82, 2.24) is 24.4 Å². The van der Waals surface area contributed by atoms with Crippen molar-refractivity contribution in [2.75, 3.05) is 11.1 Å². The molecule has 0 atom stereocenters. The lowest BCUT2D eigenvalue weighted by atomic mass is 9.73. The number of carbonyl (C=O) groups excluding carboxylic acids is 1. The van der Waals surface area contributed by atoms with Crippen LogP contribution in [0, 0.1) is 5.92 Å². The number of fused-ring (bicyclic) bond motifs is 1. The van der Waals surface area contributed by atoms with E-state index >= 15 is 0 Å². The maximum Gasteiger partial charge on any atom is 0.227 e. The van der Waals surface area contributed by atoms with E-state index in [2.05, 4.69) is 39.4 Å². The number of nitrogen functional groups attached to an aromatic ring is 1. The number of amides is 1. The molecule has 8 nitrogen and oxygen atoms in total. The number of halogens is 1. The van der Waals surface area contributed by atoms with Crippen LogP contribution < -0.4 is 15.9 Å². The fraction of sp³-hybridized carbons (Fsp3) is 0.226. The largest absolute Gasteiger partial charge is 0.383 e. The molecule has 3 heterocycles. The number of carbonyl (C=O) groups is 1. The molecule has 4 N–H and O–H groups in total. The normalized spacial score (nSPS) is 16.0. The van der Waals surface area contributed by atoms with Crippen molar-refractivity contribution >= 4 is 40.4 Å². The summed E-state index contributed by atoms with van der Waals surface area (Å²) < 4.78 is 2.02. The summed E-state index contributed by atoms with van der Waals surface area (Å²) in [6, 6.07) is 23.9. The standard InChI is InChI=1S/C31H28ClN7O/c32-38-31(15-3-16-31)21-9-11-23(12-10-21)39-28(24-6-2-17-34-27(24)33)37-26-14-13-25(36-29(26)39)20-4-1-5-22(18-20)35-30(40)19-7-8-19/h1-2,4-6,9-14,17-19,38H,3,7-8,15-16H2,(H2,33,34)(H,35,40). The van der Waals surface area contributed by atoms with Gasteiger partial charge < -0.3 is 11.1 Å². The Labute approximate surface area is 236 Å². The first-order chi connectivity index (χ1) is 19.5. The highest BCUT2D eigenvalue weighted by Crippen LogP contribution is 2.42. The quantitative estimate of drug-likeness (QED) is 0.208. The summed E-state index contributed by atoms with van der Waals surface area (Å²) in [7, 11) is 0. The molecule has 2 fully saturated rings. The topological polar surface area (TPSA) is 111 Å². The van der Waals surface area contributed by atoms with Crippen molar-refractivity contribution in [3.05, 3.63) is 84.6 Å². The van der Waals surface area contributed by atoms with Gasteiger partial charge in [-0.25, -0.2) is 19.8 Å². The van der Waals surface area contributed by atoms with Gasteiger partial charge >= 0.3 is 0 Å². The van der Waals surface area contributed by atoms with Gasteiger partial charge in [0.05, 0.1) is 16.8 Å². The number of pyridine rings is 2. The smallest absolute Gasteiger partial charge is 0.227 e. The average Bonchev–Trinajstić information content (AvgIpc) is 3.74. The molecule has 0 saturated heterocycles. The molecule has 3 aromatic heterocycles. The van der Waals surface area contributed by atoms with Crippen LogP contribution in [0.25, 0.3) is 39.5 Å². The van der Waals surface area contributed by atoms with Crippen molar-refractivity contribution in [3.8, 4) is 28.3 Å². The molecule has 2 saturated carbocycles. The minimum Gasteiger partial charge on any atom is -0.383 e. The van der Waals surface area contributed by atoms with E-state index in [1.54, 1.807) is 6.20 Å². The van der Waals surface area contributed by atoms with Crippen molar-refractivity contribution in [2.24, 2.45) is 5.92 Å². The first kappa shape index (κ1) is 24.7. The molecular weight excluding hydrogens is 522 g/mol. The number of benzene rings is 2. The first-order valence-electron chi connectivity index (χ1n) is 13.5. The molecule has 1 amide bonds. The number of nitrogens with one attached hydrogen (secondary N) is 2. The molecule has 0 aliphatic heterocycles. The average molecular weight is 550 g/mol. The van der Waals surface area contributed by atoms with Crippen LogP contribution in [0.1, 0.15) is 37.7 Å². The second-order valence-electron chi connectivity index (χ2n) is 10.7. The van der Waals surface area contributed by atoms with Gasteiger partial charge in [-0.3, -0.25) is 9.36 Å². The van der Waals surface area contributed by atoms with Crippen molar-refractivity contribution < 1.29 is 4.79 Å². The minimum absolute atomic E-state index is 0.0776. The number of hydrogen-bond donors (Lipinski definition) is 3. The zero-order valence-corrected chi connectivity index (χ0v) is 22.5. The number of nitrogens with two attached hydrogens (primary N) is 1. The number of hydrogen-bond acceptors (Lipinski definition) is 6. The highest BCUT2D eigenvalue weighted by Gasteiger charge is 2.38. The predicted octanol–water partition coefficient (Wildman–Crippen LogP) is 6.20. The van der Waals surface area contributed by atoms with Gasteiger partial charge in [0, 0.05) is 29.1 Å². The molecular formula is C31H28ClN7O. The Balaban J connectivity index is 1.34. The summed E-state index contributed by atoms with van der Waals surface area (Å²) in [6.45, 7) is 0. The second kappa shape index (κ2) is 9.73. The molecule has 0 bridgehead atoms. The van der Waals surface area contributed by atoms with Gasteiger partial charge in [0.15, 0.2) is 11.5 Å². The maximum atomic E-state index is 12.3. The number of anilines is 2. The third-order valence-corrected chi connectivity index (χ3v) is 8.39. The van der Waals surface area contributed by atoms with Crippen LogP contribution in [-0.2, 0) is 10.3 Å². The highest BCUT2D eigenvalue weighted by atomic mass is 35.5. The molecule has 0 spiro atoms. The third-order valence-electron chi connectivity index (χ3n) is 8.02. The van der Waals surface area contributed by atoms with Gasteiger partial charge in [0.2, 0.25) is 5.91 Å². The number of imidazole rings is 1. The lowest BCUT2D eigenvalue weighted by Gasteiger charge is -2.41. The summed E-state index contributed by atoms with van der Waals surface area (Å²) in [5, 5.41) is 3.03. The first-order valence-corrected chi connectivity index (χ1v) is 13.9. The molecule has 2 aromatic carbocycles. The Bertz CT molecular complexity index is 1730. The van der Waals surface area contributed by atoms with Crippen molar-refractivity contribution in [1.29, 1.82) is 0 Å². The van der Waals surface area contributed by atoms with Crippen molar-refractivity contribution in [2.45, 2.75) is 37.6 Å². The van der Waals surface area contributed by atoms with Crippen LogP contribution in [0.3, 0.4) is 0 Å². The van der Waals surface area contributed by atoms with E-state index in [-0.39, 0.29) is 17.4 Å². The van der Waals surface area contributed by atoms with Crippen LogP contribution in [0.15, 0.2) is 79.0 Å². The summed E-state index contributed by atoms with van der Waals surface area (Å²) in [5.41, 5.74) is 12.8. The molecule has 40 heavy (non-hydrogen) atoms. The summed E-state index contributed by atoms with van der Waals surface area (Å²) in [6.07, 6.45) is 6.75. The lowest BCUT2D eigenvalue weighted by molar-refractivity contribution is -0.117. The number of nitrogens with zero attached hydrogens (tertiary/aromatic N) is 4. The van der Waals surface area contributed by atoms with Gasteiger partial charge in [-0.2, -0.15) is 0 Å². The van der Waals surface area contributed by atoms with Crippen LogP contribution in [-0.4, -0.2) is 25.4 Å².